The number of hydrogen-bond donors (Lipinski definition) is 3. The number of benzene rings is 1. The summed E-state index contributed by atoms with van der Waals surface area (Å²) in [4.78, 5) is 19.6. The molecule has 6 heteroatoms. The lowest BCUT2D eigenvalue weighted by Gasteiger charge is -2.10. The molecular formula is C14H19N5O. The second kappa shape index (κ2) is 6.70. The Labute approximate surface area is 117 Å². The average Bonchev–Trinajstić information content (AvgIpc) is 2.43. The fourth-order valence-electron chi connectivity index (χ4n) is 1.92. The van der Waals surface area contributed by atoms with Crippen molar-refractivity contribution in [3.05, 3.63) is 24.3 Å². The molecule has 0 radical (unpaired) electrons. The van der Waals surface area contributed by atoms with Crippen LogP contribution in [-0.2, 0) is 4.79 Å². The molecule has 1 aromatic carbocycles. The van der Waals surface area contributed by atoms with Gasteiger partial charge in [0.05, 0.1) is 5.52 Å². The number of para-hydroxylation sites is 1. The van der Waals surface area contributed by atoms with Crippen molar-refractivity contribution in [3.63, 3.8) is 0 Å². The summed E-state index contributed by atoms with van der Waals surface area (Å²) in [6.45, 7) is 3.41. The van der Waals surface area contributed by atoms with Crippen LogP contribution >= 0.6 is 0 Å². The minimum atomic E-state index is -0.285. The van der Waals surface area contributed by atoms with Crippen LogP contribution in [0.5, 0.6) is 0 Å². The maximum absolute atomic E-state index is 10.7. The molecule has 0 aliphatic heterocycles. The summed E-state index contributed by atoms with van der Waals surface area (Å²) >= 11 is 0. The predicted molar refractivity (Wildman–Crippen MR) is 80.6 cm³/mol. The van der Waals surface area contributed by atoms with E-state index in [1.807, 2.05) is 31.2 Å². The van der Waals surface area contributed by atoms with Gasteiger partial charge in [0.25, 0.3) is 0 Å². The van der Waals surface area contributed by atoms with Crippen LogP contribution in [0.4, 0.5) is 11.8 Å². The SMILES string of the molecule is CCNc1nc(NCCCC(N)=O)c2ccccc2n1. The molecule has 0 aliphatic carbocycles. The number of fused-ring (bicyclic) bond motifs is 1. The molecule has 6 nitrogen and oxygen atoms in total. The second-order valence-electron chi connectivity index (χ2n) is 4.44. The highest BCUT2D eigenvalue weighted by molar-refractivity contribution is 5.90. The summed E-state index contributed by atoms with van der Waals surface area (Å²) in [7, 11) is 0. The molecule has 0 atom stereocenters. The van der Waals surface area contributed by atoms with E-state index in [1.165, 1.54) is 0 Å². The van der Waals surface area contributed by atoms with Crippen LogP contribution in [0.3, 0.4) is 0 Å². The Morgan fingerprint density at radius 3 is 2.80 bits per heavy atom. The van der Waals surface area contributed by atoms with Gasteiger partial charge in [-0.05, 0) is 25.5 Å². The van der Waals surface area contributed by atoms with Gasteiger partial charge in [0.1, 0.15) is 5.82 Å². The first kappa shape index (κ1) is 14.0. The normalized spacial score (nSPS) is 10.4. The molecule has 20 heavy (non-hydrogen) atoms. The summed E-state index contributed by atoms with van der Waals surface area (Å²) in [5.41, 5.74) is 6.01. The van der Waals surface area contributed by atoms with Crippen molar-refractivity contribution in [1.82, 2.24) is 9.97 Å². The van der Waals surface area contributed by atoms with Gasteiger partial charge in [-0.25, -0.2) is 4.98 Å². The van der Waals surface area contributed by atoms with Gasteiger partial charge in [0.2, 0.25) is 11.9 Å². The number of carbonyl (C=O) groups excluding carboxylic acids is 1. The van der Waals surface area contributed by atoms with E-state index in [9.17, 15) is 4.79 Å². The summed E-state index contributed by atoms with van der Waals surface area (Å²) in [6, 6.07) is 7.82. The molecule has 106 valence electrons. The van der Waals surface area contributed by atoms with Crippen LogP contribution in [0.25, 0.3) is 10.9 Å². The number of aromatic nitrogens is 2. The Kier molecular flexibility index (Phi) is 4.70. The summed E-state index contributed by atoms with van der Waals surface area (Å²) in [6.07, 6.45) is 1.06. The van der Waals surface area contributed by atoms with E-state index in [0.717, 1.165) is 23.3 Å². The summed E-state index contributed by atoms with van der Waals surface area (Å²) < 4.78 is 0. The van der Waals surface area contributed by atoms with E-state index in [1.54, 1.807) is 0 Å². The van der Waals surface area contributed by atoms with Crippen molar-refractivity contribution in [1.29, 1.82) is 0 Å². The van der Waals surface area contributed by atoms with Crippen molar-refractivity contribution in [2.75, 3.05) is 23.7 Å². The Morgan fingerprint density at radius 2 is 2.05 bits per heavy atom. The topological polar surface area (TPSA) is 92.9 Å². The highest BCUT2D eigenvalue weighted by Crippen LogP contribution is 2.21. The zero-order valence-corrected chi connectivity index (χ0v) is 11.5. The number of amides is 1. The molecule has 0 unspecified atom stereocenters. The fourth-order valence-corrected chi connectivity index (χ4v) is 1.92. The maximum Gasteiger partial charge on any atom is 0.225 e. The van der Waals surface area contributed by atoms with Gasteiger partial charge in [0, 0.05) is 24.9 Å². The van der Waals surface area contributed by atoms with Crippen LogP contribution in [-0.4, -0.2) is 29.0 Å². The molecule has 0 saturated heterocycles. The number of anilines is 2. The number of nitrogens with one attached hydrogen (secondary N) is 2. The molecule has 0 spiro atoms. The Morgan fingerprint density at radius 1 is 1.25 bits per heavy atom. The molecule has 0 aliphatic rings. The minimum absolute atomic E-state index is 0.285. The highest BCUT2D eigenvalue weighted by Gasteiger charge is 2.06. The monoisotopic (exact) mass is 273 g/mol. The summed E-state index contributed by atoms with van der Waals surface area (Å²) in [5.74, 6) is 1.09. The van der Waals surface area contributed by atoms with Crippen molar-refractivity contribution in [2.24, 2.45) is 5.73 Å². The standard InChI is InChI=1S/C14H19N5O/c1-2-16-14-18-11-7-4-3-6-10(11)13(19-14)17-9-5-8-12(15)20/h3-4,6-7H,2,5,8-9H2,1H3,(H2,15,20)(H2,16,17,18,19). The van der Waals surface area contributed by atoms with Gasteiger partial charge < -0.3 is 16.4 Å². The number of carbonyl (C=O) groups is 1. The van der Waals surface area contributed by atoms with Crippen LogP contribution in [0.1, 0.15) is 19.8 Å². The van der Waals surface area contributed by atoms with Crippen molar-refractivity contribution < 1.29 is 4.79 Å². The third kappa shape index (κ3) is 3.57. The lowest BCUT2D eigenvalue weighted by molar-refractivity contribution is -0.118. The molecule has 0 fully saturated rings. The van der Waals surface area contributed by atoms with Crippen molar-refractivity contribution in [2.45, 2.75) is 19.8 Å². The van der Waals surface area contributed by atoms with E-state index in [0.29, 0.717) is 25.3 Å². The fraction of sp³-hybridized carbons (Fsp3) is 0.357. The van der Waals surface area contributed by atoms with E-state index >= 15 is 0 Å². The third-order valence-electron chi connectivity index (χ3n) is 2.83. The number of rotatable bonds is 7. The van der Waals surface area contributed by atoms with Gasteiger partial charge in [0.15, 0.2) is 0 Å². The zero-order valence-electron chi connectivity index (χ0n) is 11.5. The number of nitrogens with zero attached hydrogens (tertiary/aromatic N) is 2. The van der Waals surface area contributed by atoms with Gasteiger partial charge in [-0.3, -0.25) is 4.79 Å². The minimum Gasteiger partial charge on any atom is -0.370 e. The van der Waals surface area contributed by atoms with Crippen LogP contribution < -0.4 is 16.4 Å². The van der Waals surface area contributed by atoms with Gasteiger partial charge in [-0.15, -0.1) is 0 Å². The van der Waals surface area contributed by atoms with Gasteiger partial charge >= 0.3 is 0 Å². The molecule has 1 heterocycles. The molecule has 4 N–H and O–H groups in total. The first-order valence-electron chi connectivity index (χ1n) is 6.73. The lowest BCUT2D eigenvalue weighted by Crippen LogP contribution is -2.13. The molecular weight excluding hydrogens is 254 g/mol. The lowest BCUT2D eigenvalue weighted by atomic mass is 10.2. The molecule has 2 rings (SSSR count). The molecule has 1 aromatic heterocycles. The predicted octanol–water partition coefficient (Wildman–Crippen LogP) is 1.74. The van der Waals surface area contributed by atoms with Gasteiger partial charge in [-0.1, -0.05) is 12.1 Å². The Balaban J connectivity index is 2.18. The second-order valence-corrected chi connectivity index (χ2v) is 4.44. The van der Waals surface area contributed by atoms with E-state index < -0.39 is 0 Å². The Hall–Kier alpha value is -2.37. The third-order valence-corrected chi connectivity index (χ3v) is 2.83. The van der Waals surface area contributed by atoms with Gasteiger partial charge in [-0.2, -0.15) is 4.98 Å². The number of hydrogen-bond acceptors (Lipinski definition) is 5. The average molecular weight is 273 g/mol. The number of primary amides is 1. The first-order valence-corrected chi connectivity index (χ1v) is 6.73. The maximum atomic E-state index is 10.7. The van der Waals surface area contributed by atoms with Crippen LogP contribution in [0.2, 0.25) is 0 Å². The molecule has 2 aromatic rings. The molecule has 1 amide bonds. The Bertz CT molecular complexity index is 599. The van der Waals surface area contributed by atoms with Crippen molar-refractivity contribution >= 4 is 28.6 Å². The van der Waals surface area contributed by atoms with Crippen LogP contribution in [0.15, 0.2) is 24.3 Å². The van der Waals surface area contributed by atoms with Crippen LogP contribution in [0, 0.1) is 0 Å². The van der Waals surface area contributed by atoms with E-state index in [2.05, 4.69) is 20.6 Å². The first-order chi connectivity index (χ1) is 9.70. The highest BCUT2D eigenvalue weighted by atomic mass is 16.1. The molecule has 0 bridgehead atoms. The molecule has 0 saturated carbocycles. The quantitative estimate of drug-likeness (QED) is 0.668. The van der Waals surface area contributed by atoms with E-state index in [-0.39, 0.29) is 5.91 Å². The summed E-state index contributed by atoms with van der Waals surface area (Å²) in [5, 5.41) is 7.32. The van der Waals surface area contributed by atoms with Crippen molar-refractivity contribution in [3.8, 4) is 0 Å². The van der Waals surface area contributed by atoms with E-state index in [4.69, 9.17) is 5.73 Å². The zero-order chi connectivity index (χ0) is 14.4. The largest absolute Gasteiger partial charge is 0.370 e. The number of nitrogens with two attached hydrogens (primary N) is 1. The smallest absolute Gasteiger partial charge is 0.225 e.